The number of aryl methyl sites for hydroxylation is 1. The van der Waals surface area contributed by atoms with Crippen molar-refractivity contribution < 1.29 is 22.8 Å². The highest BCUT2D eigenvalue weighted by Gasteiger charge is 2.35. The van der Waals surface area contributed by atoms with Gasteiger partial charge in [-0.3, -0.25) is 19.7 Å². The zero-order chi connectivity index (χ0) is 25.4. The van der Waals surface area contributed by atoms with Crippen molar-refractivity contribution in [1.29, 1.82) is 0 Å². The normalized spacial score (nSPS) is 14.6. The number of carbonyl (C=O) groups excluding carboxylic acids is 2. The van der Waals surface area contributed by atoms with E-state index in [2.05, 4.69) is 25.5 Å². The first-order valence-corrected chi connectivity index (χ1v) is 11.0. The molecule has 0 saturated heterocycles. The van der Waals surface area contributed by atoms with Gasteiger partial charge in [-0.25, -0.2) is 4.98 Å². The van der Waals surface area contributed by atoms with Crippen LogP contribution < -0.4 is 11.1 Å². The number of fused-ring (bicyclic) bond motifs is 2. The van der Waals surface area contributed by atoms with Gasteiger partial charge in [-0.2, -0.15) is 18.3 Å². The summed E-state index contributed by atoms with van der Waals surface area (Å²) in [7, 11) is 0. The molecule has 3 aromatic heterocycles. The monoisotopic (exact) mass is 531 g/mol. The molecular weight excluding hydrogens is 511 g/mol. The summed E-state index contributed by atoms with van der Waals surface area (Å²) in [6, 6.07) is 9.22. The highest BCUT2D eigenvalue weighted by Crippen LogP contribution is 2.37. The molecule has 0 saturated carbocycles. The molecule has 13 heteroatoms. The van der Waals surface area contributed by atoms with Gasteiger partial charge < -0.3 is 16.0 Å². The van der Waals surface area contributed by atoms with Crippen LogP contribution in [0.4, 0.5) is 24.7 Å². The second-order valence-electron chi connectivity index (χ2n) is 8.39. The Labute approximate surface area is 214 Å². The van der Waals surface area contributed by atoms with Crippen molar-refractivity contribution in [2.75, 3.05) is 11.1 Å². The smallest absolute Gasteiger partial charge is 0.383 e. The fraction of sp³-hybridized carbons (Fsp3) is 0.208. The third kappa shape index (κ3) is 5.05. The van der Waals surface area contributed by atoms with Gasteiger partial charge in [0.2, 0.25) is 0 Å². The summed E-state index contributed by atoms with van der Waals surface area (Å²) in [4.78, 5) is 35.8. The fourth-order valence-electron chi connectivity index (χ4n) is 4.40. The molecule has 0 radical (unpaired) electrons. The first-order chi connectivity index (χ1) is 17.2. The number of nitrogen functional groups attached to an aromatic ring is 1. The van der Waals surface area contributed by atoms with E-state index >= 15 is 0 Å². The van der Waals surface area contributed by atoms with Gasteiger partial charge in [0.25, 0.3) is 0 Å². The first kappa shape index (κ1) is 25.9. The van der Waals surface area contributed by atoms with Gasteiger partial charge in [0.1, 0.15) is 5.82 Å². The minimum Gasteiger partial charge on any atom is -0.383 e. The predicted octanol–water partition coefficient (Wildman–Crippen LogP) is 4.03. The highest BCUT2D eigenvalue weighted by atomic mass is 35.5. The number of aromatic amines is 1. The van der Waals surface area contributed by atoms with Gasteiger partial charge in [-0.05, 0) is 36.1 Å². The lowest BCUT2D eigenvalue weighted by Crippen LogP contribution is -2.41. The Hall–Kier alpha value is -4.19. The van der Waals surface area contributed by atoms with E-state index < -0.39 is 29.6 Å². The van der Waals surface area contributed by atoms with Crippen LogP contribution in [-0.2, 0) is 28.7 Å². The zero-order valence-electron chi connectivity index (χ0n) is 19.1. The lowest BCUT2D eigenvalue weighted by molar-refractivity contribution is -0.145. The molecule has 3 heterocycles. The summed E-state index contributed by atoms with van der Waals surface area (Å²) >= 11 is 0. The molecule has 1 aliphatic carbocycles. The molecule has 4 N–H and O–H groups in total. The molecule has 0 bridgehead atoms. The van der Waals surface area contributed by atoms with E-state index in [1.165, 1.54) is 23.4 Å². The Bertz CT molecular complexity index is 1460. The van der Waals surface area contributed by atoms with Gasteiger partial charge >= 0.3 is 18.0 Å². The van der Waals surface area contributed by atoms with E-state index in [0.717, 1.165) is 23.4 Å². The average molecular weight is 532 g/mol. The Morgan fingerprint density at radius 1 is 1.11 bits per heavy atom. The van der Waals surface area contributed by atoms with Crippen molar-refractivity contribution in [3.05, 3.63) is 77.4 Å². The number of rotatable bonds is 4. The Kier molecular flexibility index (Phi) is 7.03. The molecule has 1 aromatic carbocycles. The molecule has 2 amide bonds. The van der Waals surface area contributed by atoms with Gasteiger partial charge in [0.05, 0.1) is 52.8 Å². The summed E-state index contributed by atoms with van der Waals surface area (Å²) in [6.45, 7) is -0.150. The fourth-order valence-corrected chi connectivity index (χ4v) is 4.40. The highest BCUT2D eigenvalue weighted by molar-refractivity contribution is 6.40. The predicted molar refractivity (Wildman–Crippen MR) is 131 cm³/mol. The summed E-state index contributed by atoms with van der Waals surface area (Å²) < 4.78 is 38.9. The van der Waals surface area contributed by atoms with E-state index in [-0.39, 0.29) is 36.2 Å². The van der Waals surface area contributed by atoms with Crippen molar-refractivity contribution in [3.63, 3.8) is 0 Å². The third-order valence-corrected chi connectivity index (χ3v) is 6.18. The second-order valence-corrected chi connectivity index (χ2v) is 8.39. The number of nitrogens with one attached hydrogen (secondary N) is 2. The van der Waals surface area contributed by atoms with Crippen LogP contribution in [0.15, 0.2) is 55.0 Å². The maximum atomic E-state index is 13.5. The minimum absolute atomic E-state index is 0. The van der Waals surface area contributed by atoms with E-state index in [9.17, 15) is 22.8 Å². The van der Waals surface area contributed by atoms with Gasteiger partial charge in [-0.1, -0.05) is 24.3 Å². The largest absolute Gasteiger partial charge is 0.417 e. The SMILES string of the molecule is Cl.Nc1ncc(NC(=O)C(=O)N(Cc2ccc(C(F)(F)F)cn2)[C@@H]2CCc3ccccc32)c2[nH]ncc12. The number of aromatic nitrogens is 4. The van der Waals surface area contributed by atoms with Crippen molar-refractivity contribution in [1.82, 2.24) is 25.1 Å². The summed E-state index contributed by atoms with van der Waals surface area (Å²) in [5, 5.41) is 9.65. The molecule has 37 heavy (non-hydrogen) atoms. The molecule has 0 unspecified atom stereocenters. The zero-order valence-corrected chi connectivity index (χ0v) is 19.9. The first-order valence-electron chi connectivity index (χ1n) is 11.0. The molecule has 4 aromatic rings. The quantitative estimate of drug-likeness (QED) is 0.341. The van der Waals surface area contributed by atoms with Crippen molar-refractivity contribution >= 4 is 46.6 Å². The topological polar surface area (TPSA) is 130 Å². The molecule has 192 valence electrons. The Morgan fingerprint density at radius 2 is 1.89 bits per heavy atom. The van der Waals surface area contributed by atoms with Crippen LogP contribution in [0.5, 0.6) is 0 Å². The van der Waals surface area contributed by atoms with E-state index in [4.69, 9.17) is 5.73 Å². The summed E-state index contributed by atoms with van der Waals surface area (Å²) in [6.07, 6.45) is 0.212. The van der Waals surface area contributed by atoms with Crippen LogP contribution in [-0.4, -0.2) is 36.9 Å². The van der Waals surface area contributed by atoms with Gasteiger partial charge in [0.15, 0.2) is 0 Å². The molecule has 0 aliphatic heterocycles. The maximum Gasteiger partial charge on any atom is 0.417 e. The van der Waals surface area contributed by atoms with Gasteiger partial charge in [-0.15, -0.1) is 12.4 Å². The number of hydrogen-bond acceptors (Lipinski definition) is 6. The van der Waals surface area contributed by atoms with Crippen LogP contribution in [0.25, 0.3) is 10.9 Å². The van der Waals surface area contributed by atoms with Crippen LogP contribution >= 0.6 is 12.4 Å². The molecule has 5 rings (SSSR count). The standard InChI is InChI=1S/C24H20F3N7O2.ClH/c25-24(26,27)14-6-7-15(29-9-14)12-34(19-8-5-13-3-1-2-4-16(13)19)23(36)22(35)32-18-11-30-21(28)17-10-31-33-20(17)18;/h1-4,6-7,9-11,19H,5,8,12H2,(H2,28,30)(H,31,33)(H,32,35);1H/t19-;/m1./s1. The lowest BCUT2D eigenvalue weighted by atomic mass is 10.1. The van der Waals surface area contributed by atoms with Crippen molar-refractivity contribution in [2.24, 2.45) is 0 Å². The summed E-state index contributed by atoms with van der Waals surface area (Å²) in [5.74, 6) is -1.59. The van der Waals surface area contributed by atoms with Crippen LogP contribution in [0.2, 0.25) is 0 Å². The number of alkyl halides is 3. The number of carbonyl (C=O) groups is 2. The number of halogens is 4. The second kappa shape index (κ2) is 10.1. The minimum atomic E-state index is -4.53. The number of benzene rings is 1. The molecule has 9 nitrogen and oxygen atoms in total. The lowest BCUT2D eigenvalue weighted by Gasteiger charge is -2.29. The number of amides is 2. The molecule has 1 aliphatic rings. The number of anilines is 2. The van der Waals surface area contributed by atoms with Crippen LogP contribution in [0.1, 0.15) is 34.8 Å². The number of nitrogens with two attached hydrogens (primary N) is 1. The molecular formula is C24H21ClF3N7O2. The molecule has 0 spiro atoms. The summed E-state index contributed by atoms with van der Waals surface area (Å²) in [5.41, 5.74) is 7.70. The number of nitrogens with zero attached hydrogens (tertiary/aromatic N) is 4. The average Bonchev–Trinajstić information content (AvgIpc) is 3.52. The van der Waals surface area contributed by atoms with E-state index in [1.54, 1.807) is 0 Å². The van der Waals surface area contributed by atoms with Crippen LogP contribution in [0.3, 0.4) is 0 Å². The van der Waals surface area contributed by atoms with Crippen LogP contribution in [0, 0.1) is 0 Å². The molecule has 0 fully saturated rings. The number of H-pyrrole nitrogens is 1. The Balaban J connectivity index is 0.00000320. The Morgan fingerprint density at radius 3 is 2.62 bits per heavy atom. The van der Waals surface area contributed by atoms with Crippen molar-refractivity contribution in [3.8, 4) is 0 Å². The number of pyridine rings is 2. The van der Waals surface area contributed by atoms with E-state index in [0.29, 0.717) is 23.7 Å². The molecule has 1 atom stereocenters. The third-order valence-electron chi connectivity index (χ3n) is 6.18. The van der Waals surface area contributed by atoms with E-state index in [1.807, 2.05) is 24.3 Å². The van der Waals surface area contributed by atoms with Gasteiger partial charge in [0, 0.05) is 6.20 Å². The van der Waals surface area contributed by atoms with Crippen molar-refractivity contribution in [2.45, 2.75) is 31.6 Å². The maximum absolute atomic E-state index is 13.5. The number of hydrogen-bond donors (Lipinski definition) is 3.